The van der Waals surface area contributed by atoms with E-state index in [0.29, 0.717) is 0 Å². The Morgan fingerprint density at radius 2 is 1.41 bits per heavy atom. The summed E-state index contributed by atoms with van der Waals surface area (Å²) in [5.41, 5.74) is 1.35. The minimum absolute atomic E-state index is 0.0936. The van der Waals surface area contributed by atoms with Crippen molar-refractivity contribution in [2.75, 3.05) is 0 Å². The standard InChI is InChI=1S/C14H20O3/c1-13(2,3)10-6-8-11(9-7-10)14(4,5)17-12(15)16/h6-9H,1-5H3,(H,15,16). The largest absolute Gasteiger partial charge is 0.506 e. The Bertz CT molecular complexity index is 396. The fraction of sp³-hybridized carbons (Fsp3) is 0.500. The predicted octanol–water partition coefficient (Wildman–Crippen LogP) is 3.91. The zero-order valence-electron chi connectivity index (χ0n) is 11.1. The minimum atomic E-state index is -1.25. The summed E-state index contributed by atoms with van der Waals surface area (Å²) in [7, 11) is 0. The summed E-state index contributed by atoms with van der Waals surface area (Å²) in [5, 5.41) is 8.67. The van der Waals surface area contributed by atoms with E-state index < -0.39 is 11.8 Å². The Hall–Kier alpha value is -1.51. The number of carboxylic acid groups (broad SMARTS) is 1. The van der Waals surface area contributed by atoms with Gasteiger partial charge in [-0.05, 0) is 30.4 Å². The van der Waals surface area contributed by atoms with Crippen molar-refractivity contribution >= 4 is 6.16 Å². The molecule has 0 bridgehead atoms. The van der Waals surface area contributed by atoms with Gasteiger partial charge < -0.3 is 9.84 Å². The maximum atomic E-state index is 10.6. The summed E-state index contributed by atoms with van der Waals surface area (Å²) in [6.07, 6.45) is -1.25. The van der Waals surface area contributed by atoms with Gasteiger partial charge in [0.15, 0.2) is 0 Å². The lowest BCUT2D eigenvalue weighted by atomic mass is 9.85. The molecule has 17 heavy (non-hydrogen) atoms. The molecule has 1 aromatic rings. The quantitative estimate of drug-likeness (QED) is 0.792. The second kappa shape index (κ2) is 4.40. The number of hydrogen-bond acceptors (Lipinski definition) is 2. The number of hydrogen-bond donors (Lipinski definition) is 1. The highest BCUT2D eigenvalue weighted by atomic mass is 16.7. The van der Waals surface area contributed by atoms with Crippen molar-refractivity contribution in [3.8, 4) is 0 Å². The van der Waals surface area contributed by atoms with Crippen molar-refractivity contribution in [3.63, 3.8) is 0 Å². The zero-order chi connectivity index (χ0) is 13.3. The van der Waals surface area contributed by atoms with Gasteiger partial charge in [-0.2, -0.15) is 0 Å². The molecule has 0 aliphatic carbocycles. The molecule has 1 aromatic carbocycles. The summed E-state index contributed by atoms with van der Waals surface area (Å²) >= 11 is 0. The second-order valence-corrected chi connectivity index (χ2v) is 5.71. The monoisotopic (exact) mass is 236 g/mol. The van der Waals surface area contributed by atoms with E-state index in [0.717, 1.165) is 5.56 Å². The van der Waals surface area contributed by atoms with Gasteiger partial charge in [-0.1, -0.05) is 45.0 Å². The van der Waals surface area contributed by atoms with Crippen LogP contribution in [0.4, 0.5) is 4.79 Å². The highest BCUT2D eigenvalue weighted by Gasteiger charge is 2.25. The minimum Gasteiger partial charge on any atom is -0.450 e. The molecule has 0 spiro atoms. The molecule has 94 valence electrons. The molecule has 0 atom stereocenters. The first-order chi connectivity index (χ1) is 7.63. The molecule has 0 saturated heterocycles. The zero-order valence-corrected chi connectivity index (χ0v) is 11.1. The Kier molecular flexibility index (Phi) is 3.51. The fourth-order valence-electron chi connectivity index (χ4n) is 1.65. The Balaban J connectivity index is 2.98. The molecule has 1 rings (SSSR count). The lowest BCUT2D eigenvalue weighted by Crippen LogP contribution is -2.24. The van der Waals surface area contributed by atoms with Crippen LogP contribution in [0.5, 0.6) is 0 Å². The van der Waals surface area contributed by atoms with Crippen molar-refractivity contribution in [3.05, 3.63) is 35.4 Å². The summed E-state index contributed by atoms with van der Waals surface area (Å²) in [4.78, 5) is 10.6. The third-order valence-corrected chi connectivity index (χ3v) is 2.79. The van der Waals surface area contributed by atoms with E-state index in [1.807, 2.05) is 24.3 Å². The maximum absolute atomic E-state index is 10.6. The van der Waals surface area contributed by atoms with Crippen LogP contribution >= 0.6 is 0 Å². The van der Waals surface area contributed by atoms with Crippen LogP contribution in [0.3, 0.4) is 0 Å². The van der Waals surface area contributed by atoms with Crippen LogP contribution in [-0.2, 0) is 15.8 Å². The number of ether oxygens (including phenoxy) is 1. The van der Waals surface area contributed by atoms with Crippen LogP contribution in [0.25, 0.3) is 0 Å². The Labute approximate surface area is 102 Å². The number of rotatable bonds is 2. The van der Waals surface area contributed by atoms with E-state index in [1.165, 1.54) is 5.56 Å². The van der Waals surface area contributed by atoms with Gasteiger partial charge in [0, 0.05) is 0 Å². The molecule has 0 amide bonds. The van der Waals surface area contributed by atoms with Crippen molar-refractivity contribution < 1.29 is 14.6 Å². The van der Waals surface area contributed by atoms with E-state index in [4.69, 9.17) is 9.84 Å². The lowest BCUT2D eigenvalue weighted by molar-refractivity contribution is 0.00101. The smallest absolute Gasteiger partial charge is 0.450 e. The van der Waals surface area contributed by atoms with E-state index in [1.54, 1.807) is 13.8 Å². The average molecular weight is 236 g/mol. The van der Waals surface area contributed by atoms with Crippen molar-refractivity contribution in [2.45, 2.75) is 45.6 Å². The number of benzene rings is 1. The predicted molar refractivity (Wildman–Crippen MR) is 67.3 cm³/mol. The Morgan fingerprint density at radius 1 is 1.00 bits per heavy atom. The van der Waals surface area contributed by atoms with E-state index in [9.17, 15) is 4.79 Å². The Morgan fingerprint density at radius 3 is 1.76 bits per heavy atom. The molecule has 0 aliphatic heterocycles. The molecule has 0 radical (unpaired) electrons. The van der Waals surface area contributed by atoms with Crippen LogP contribution < -0.4 is 0 Å². The second-order valence-electron chi connectivity index (χ2n) is 5.71. The normalized spacial score (nSPS) is 12.3. The molecule has 0 unspecified atom stereocenters. The van der Waals surface area contributed by atoms with Gasteiger partial charge in [0.2, 0.25) is 0 Å². The van der Waals surface area contributed by atoms with E-state index in [-0.39, 0.29) is 5.41 Å². The SMILES string of the molecule is CC(C)(C)c1ccc(C(C)(C)OC(=O)O)cc1. The van der Waals surface area contributed by atoms with Gasteiger partial charge in [-0.15, -0.1) is 0 Å². The lowest BCUT2D eigenvalue weighted by Gasteiger charge is -2.25. The highest BCUT2D eigenvalue weighted by molar-refractivity contribution is 5.58. The van der Waals surface area contributed by atoms with Gasteiger partial charge in [-0.25, -0.2) is 4.79 Å². The van der Waals surface area contributed by atoms with Gasteiger partial charge in [0.25, 0.3) is 0 Å². The van der Waals surface area contributed by atoms with Crippen LogP contribution in [0.2, 0.25) is 0 Å². The summed E-state index contributed by atoms with van der Waals surface area (Å²) in [5.74, 6) is 0. The van der Waals surface area contributed by atoms with Crippen LogP contribution in [0.1, 0.15) is 45.7 Å². The fourth-order valence-corrected chi connectivity index (χ4v) is 1.65. The molecular weight excluding hydrogens is 216 g/mol. The molecule has 0 saturated carbocycles. The highest BCUT2D eigenvalue weighted by Crippen LogP contribution is 2.28. The van der Waals surface area contributed by atoms with Crippen LogP contribution in [0.15, 0.2) is 24.3 Å². The van der Waals surface area contributed by atoms with Gasteiger partial charge in [0.1, 0.15) is 5.60 Å². The molecule has 0 aromatic heterocycles. The molecule has 0 fully saturated rings. The molecule has 3 nitrogen and oxygen atoms in total. The summed E-state index contributed by atoms with van der Waals surface area (Å²) in [6.45, 7) is 9.91. The molecule has 1 N–H and O–H groups in total. The van der Waals surface area contributed by atoms with Gasteiger partial charge in [0.05, 0.1) is 0 Å². The third-order valence-electron chi connectivity index (χ3n) is 2.79. The first-order valence-electron chi connectivity index (χ1n) is 5.66. The topological polar surface area (TPSA) is 46.5 Å². The summed E-state index contributed by atoms with van der Waals surface area (Å²) in [6, 6.07) is 7.87. The molecule has 3 heteroatoms. The average Bonchev–Trinajstić information content (AvgIpc) is 2.14. The van der Waals surface area contributed by atoms with Crippen molar-refractivity contribution in [2.24, 2.45) is 0 Å². The van der Waals surface area contributed by atoms with Crippen molar-refractivity contribution in [1.82, 2.24) is 0 Å². The first-order valence-corrected chi connectivity index (χ1v) is 5.66. The van der Waals surface area contributed by atoms with Gasteiger partial charge >= 0.3 is 6.16 Å². The number of carbonyl (C=O) groups is 1. The van der Waals surface area contributed by atoms with Crippen LogP contribution in [-0.4, -0.2) is 11.3 Å². The van der Waals surface area contributed by atoms with Crippen LogP contribution in [0, 0.1) is 0 Å². The molecule has 0 aliphatic rings. The third kappa shape index (κ3) is 3.48. The van der Waals surface area contributed by atoms with Crippen molar-refractivity contribution in [1.29, 1.82) is 0 Å². The van der Waals surface area contributed by atoms with E-state index in [2.05, 4.69) is 20.8 Å². The molecule has 0 heterocycles. The van der Waals surface area contributed by atoms with Gasteiger partial charge in [-0.3, -0.25) is 0 Å². The first kappa shape index (κ1) is 13.6. The maximum Gasteiger partial charge on any atom is 0.506 e. The molecular formula is C14H20O3. The summed E-state index contributed by atoms with van der Waals surface area (Å²) < 4.78 is 4.87. The van der Waals surface area contributed by atoms with E-state index >= 15 is 0 Å².